The zero-order valence-corrected chi connectivity index (χ0v) is 12.0. The van der Waals surface area contributed by atoms with Crippen molar-refractivity contribution in [3.63, 3.8) is 0 Å². The van der Waals surface area contributed by atoms with Gasteiger partial charge in [0.25, 0.3) is 5.91 Å². The summed E-state index contributed by atoms with van der Waals surface area (Å²) in [5, 5.41) is 3.95. The van der Waals surface area contributed by atoms with Crippen molar-refractivity contribution in [2.24, 2.45) is 0 Å². The van der Waals surface area contributed by atoms with Crippen LogP contribution in [0.15, 0.2) is 24.3 Å². The van der Waals surface area contributed by atoms with Gasteiger partial charge in [-0.3, -0.25) is 4.79 Å². The summed E-state index contributed by atoms with van der Waals surface area (Å²) in [6, 6.07) is 7.58. The van der Waals surface area contributed by atoms with Crippen molar-refractivity contribution in [2.75, 3.05) is 17.7 Å². The molecule has 0 saturated heterocycles. The number of thioether (sulfide) groups is 1. The summed E-state index contributed by atoms with van der Waals surface area (Å²) in [5.41, 5.74) is 7.94. The number of nitrogens with one attached hydrogen (secondary N) is 2. The molecule has 1 atom stereocenters. The van der Waals surface area contributed by atoms with Crippen molar-refractivity contribution in [2.45, 2.75) is 19.4 Å². The van der Waals surface area contributed by atoms with Crippen LogP contribution in [0.5, 0.6) is 0 Å². The summed E-state index contributed by atoms with van der Waals surface area (Å²) in [4.78, 5) is 15.2. The Morgan fingerprint density at radius 1 is 1.47 bits per heavy atom. The number of nitrogen functional groups attached to an aromatic ring is 1. The van der Waals surface area contributed by atoms with Gasteiger partial charge in [0.1, 0.15) is 5.69 Å². The molecule has 5 heteroatoms. The molecule has 1 aromatic carbocycles. The van der Waals surface area contributed by atoms with Gasteiger partial charge in [-0.25, -0.2) is 0 Å². The van der Waals surface area contributed by atoms with E-state index in [2.05, 4.69) is 16.6 Å². The van der Waals surface area contributed by atoms with Crippen LogP contribution in [0, 0.1) is 0 Å². The SMILES string of the molecule is CSCCC(C)NC(=O)c1cc2cc(N)ccc2[nH]1. The van der Waals surface area contributed by atoms with Gasteiger partial charge in [0.2, 0.25) is 0 Å². The molecule has 0 aliphatic heterocycles. The number of H-pyrrole nitrogens is 1. The van der Waals surface area contributed by atoms with Crippen LogP contribution in [-0.2, 0) is 0 Å². The number of nitrogens with two attached hydrogens (primary N) is 1. The third-order valence-corrected chi connectivity index (χ3v) is 3.67. The standard InChI is InChI=1S/C14H19N3OS/c1-9(5-6-19-2)16-14(18)13-8-10-7-11(15)3-4-12(10)17-13/h3-4,7-9,17H,5-6,15H2,1-2H3,(H,16,18). The van der Waals surface area contributed by atoms with E-state index >= 15 is 0 Å². The average Bonchev–Trinajstić information content (AvgIpc) is 2.79. The minimum Gasteiger partial charge on any atom is -0.399 e. The fourth-order valence-corrected chi connectivity index (χ4v) is 2.53. The Labute approximate surface area is 117 Å². The molecule has 4 N–H and O–H groups in total. The van der Waals surface area contributed by atoms with Gasteiger partial charge in [0, 0.05) is 22.6 Å². The molecule has 0 aliphatic carbocycles. The molecular weight excluding hydrogens is 258 g/mol. The summed E-state index contributed by atoms with van der Waals surface area (Å²) in [6.07, 6.45) is 3.04. The molecule has 0 aliphatic rings. The van der Waals surface area contributed by atoms with E-state index in [1.165, 1.54) is 0 Å². The van der Waals surface area contributed by atoms with Gasteiger partial charge in [-0.2, -0.15) is 11.8 Å². The lowest BCUT2D eigenvalue weighted by Crippen LogP contribution is -2.33. The van der Waals surface area contributed by atoms with Crippen molar-refractivity contribution < 1.29 is 4.79 Å². The van der Waals surface area contributed by atoms with Gasteiger partial charge in [-0.05, 0) is 49.6 Å². The molecule has 1 amide bonds. The average molecular weight is 277 g/mol. The van der Waals surface area contributed by atoms with Gasteiger partial charge < -0.3 is 16.0 Å². The summed E-state index contributed by atoms with van der Waals surface area (Å²) in [5.74, 6) is 0.980. The number of carbonyl (C=O) groups excluding carboxylic acids is 1. The van der Waals surface area contributed by atoms with E-state index in [4.69, 9.17) is 5.73 Å². The van der Waals surface area contributed by atoms with Crippen LogP contribution in [0.2, 0.25) is 0 Å². The van der Waals surface area contributed by atoms with E-state index in [1.807, 2.05) is 31.2 Å². The quantitative estimate of drug-likeness (QED) is 0.736. The maximum atomic E-state index is 12.1. The first-order valence-electron chi connectivity index (χ1n) is 6.28. The topological polar surface area (TPSA) is 70.9 Å². The first kappa shape index (κ1) is 13.8. The molecule has 102 valence electrons. The van der Waals surface area contributed by atoms with Crippen LogP contribution < -0.4 is 11.1 Å². The first-order valence-corrected chi connectivity index (χ1v) is 7.67. The molecule has 19 heavy (non-hydrogen) atoms. The van der Waals surface area contributed by atoms with Gasteiger partial charge in [-0.15, -0.1) is 0 Å². The zero-order valence-electron chi connectivity index (χ0n) is 11.2. The largest absolute Gasteiger partial charge is 0.399 e. The van der Waals surface area contributed by atoms with Crippen LogP contribution in [-0.4, -0.2) is 28.9 Å². The molecule has 2 aromatic rings. The molecule has 0 radical (unpaired) electrons. The smallest absolute Gasteiger partial charge is 0.267 e. The molecule has 0 bridgehead atoms. The molecule has 4 nitrogen and oxygen atoms in total. The molecule has 0 fully saturated rings. The molecule has 0 saturated carbocycles. The first-order chi connectivity index (χ1) is 9.10. The van der Waals surface area contributed by atoms with Crippen molar-refractivity contribution in [3.05, 3.63) is 30.0 Å². The number of benzene rings is 1. The van der Waals surface area contributed by atoms with E-state index < -0.39 is 0 Å². The van der Waals surface area contributed by atoms with Gasteiger partial charge in [0.05, 0.1) is 0 Å². The molecule has 1 heterocycles. The zero-order chi connectivity index (χ0) is 13.8. The normalized spacial score (nSPS) is 12.5. The second-order valence-corrected chi connectivity index (χ2v) is 5.67. The lowest BCUT2D eigenvalue weighted by molar-refractivity contribution is 0.0935. The summed E-state index contributed by atoms with van der Waals surface area (Å²) in [6.45, 7) is 2.02. The predicted octanol–water partition coefficient (Wildman–Crippen LogP) is 2.62. The number of hydrogen-bond acceptors (Lipinski definition) is 3. The van der Waals surface area contributed by atoms with Gasteiger partial charge in [-0.1, -0.05) is 0 Å². The molecule has 1 unspecified atom stereocenters. The third kappa shape index (κ3) is 3.44. The predicted molar refractivity (Wildman–Crippen MR) is 82.6 cm³/mol. The van der Waals surface area contributed by atoms with E-state index in [1.54, 1.807) is 11.8 Å². The number of fused-ring (bicyclic) bond motifs is 1. The second-order valence-electron chi connectivity index (χ2n) is 4.69. The van der Waals surface area contributed by atoms with Crippen molar-refractivity contribution in [1.82, 2.24) is 10.3 Å². The van der Waals surface area contributed by atoms with Crippen LogP contribution in [0.3, 0.4) is 0 Å². The highest BCUT2D eigenvalue weighted by molar-refractivity contribution is 7.98. The molecule has 2 rings (SSSR count). The Hall–Kier alpha value is -1.62. The fraction of sp³-hybridized carbons (Fsp3) is 0.357. The molecule has 1 aromatic heterocycles. The Bertz CT molecular complexity index is 579. The van der Waals surface area contributed by atoms with E-state index in [9.17, 15) is 4.79 Å². The summed E-state index contributed by atoms with van der Waals surface area (Å²) < 4.78 is 0. The third-order valence-electron chi connectivity index (χ3n) is 3.02. The van der Waals surface area contributed by atoms with Crippen LogP contribution in [0.25, 0.3) is 10.9 Å². The Kier molecular flexibility index (Phi) is 4.37. The highest BCUT2D eigenvalue weighted by atomic mass is 32.2. The number of hydrogen-bond donors (Lipinski definition) is 3. The number of anilines is 1. The number of amides is 1. The van der Waals surface area contributed by atoms with Gasteiger partial charge >= 0.3 is 0 Å². The number of rotatable bonds is 5. The Morgan fingerprint density at radius 3 is 3.00 bits per heavy atom. The number of carbonyl (C=O) groups is 1. The molecular formula is C14H19N3OS. The highest BCUT2D eigenvalue weighted by Gasteiger charge is 2.12. The second kappa shape index (κ2) is 6.02. The lowest BCUT2D eigenvalue weighted by atomic mass is 10.2. The van der Waals surface area contributed by atoms with E-state index in [0.717, 1.165) is 23.1 Å². The highest BCUT2D eigenvalue weighted by Crippen LogP contribution is 2.18. The van der Waals surface area contributed by atoms with Crippen LogP contribution >= 0.6 is 11.8 Å². The van der Waals surface area contributed by atoms with Crippen LogP contribution in [0.4, 0.5) is 5.69 Å². The monoisotopic (exact) mass is 277 g/mol. The molecule has 0 spiro atoms. The van der Waals surface area contributed by atoms with Crippen molar-refractivity contribution in [1.29, 1.82) is 0 Å². The number of aromatic nitrogens is 1. The summed E-state index contributed by atoms with van der Waals surface area (Å²) in [7, 11) is 0. The number of aromatic amines is 1. The maximum Gasteiger partial charge on any atom is 0.267 e. The van der Waals surface area contributed by atoms with E-state index in [0.29, 0.717) is 11.4 Å². The Morgan fingerprint density at radius 2 is 2.26 bits per heavy atom. The Balaban J connectivity index is 2.08. The summed E-state index contributed by atoms with van der Waals surface area (Å²) >= 11 is 1.79. The fourth-order valence-electron chi connectivity index (χ4n) is 1.94. The minimum absolute atomic E-state index is 0.0663. The van der Waals surface area contributed by atoms with Gasteiger partial charge in [0.15, 0.2) is 0 Å². The van der Waals surface area contributed by atoms with Crippen LogP contribution in [0.1, 0.15) is 23.8 Å². The maximum absolute atomic E-state index is 12.1. The van der Waals surface area contributed by atoms with E-state index in [-0.39, 0.29) is 11.9 Å². The van der Waals surface area contributed by atoms with Crippen molar-refractivity contribution in [3.8, 4) is 0 Å². The van der Waals surface area contributed by atoms with Crippen molar-refractivity contribution >= 4 is 34.3 Å². The lowest BCUT2D eigenvalue weighted by Gasteiger charge is -2.12. The minimum atomic E-state index is -0.0663.